The van der Waals surface area contributed by atoms with Crippen LogP contribution in [0.4, 0.5) is 0 Å². The molecule has 0 spiro atoms. The van der Waals surface area contributed by atoms with Crippen LogP contribution in [-0.4, -0.2) is 25.7 Å². The molecule has 0 heterocycles. The zero-order chi connectivity index (χ0) is 18.7. The molecule has 0 bridgehead atoms. The van der Waals surface area contributed by atoms with Crippen molar-refractivity contribution in [3.63, 3.8) is 0 Å². The van der Waals surface area contributed by atoms with E-state index in [9.17, 15) is 0 Å². The van der Waals surface area contributed by atoms with Crippen molar-refractivity contribution in [1.82, 2.24) is 10.6 Å². The predicted octanol–water partition coefficient (Wildman–Crippen LogP) is 5.87. The van der Waals surface area contributed by atoms with Crippen LogP contribution in [0.3, 0.4) is 0 Å². The van der Waals surface area contributed by atoms with Gasteiger partial charge in [-0.25, -0.2) is 0 Å². The fourth-order valence-corrected chi connectivity index (χ4v) is 1.94. The molecule has 0 aliphatic carbocycles. The van der Waals surface area contributed by atoms with Gasteiger partial charge in [-0.2, -0.15) is 0 Å². The third kappa shape index (κ3) is 30.4. The molecule has 0 aromatic rings. The molecular weight excluding hydrogens is 280 g/mol. The Morgan fingerprint density at radius 1 is 0.652 bits per heavy atom. The highest BCUT2D eigenvalue weighted by atomic mass is 14.9. The molecule has 0 radical (unpaired) electrons. The smallest absolute Gasteiger partial charge is 0.00103 e. The van der Waals surface area contributed by atoms with Crippen molar-refractivity contribution in [2.75, 3.05) is 19.6 Å². The lowest BCUT2D eigenvalue weighted by Crippen LogP contribution is -2.29. The SMILES string of the molecule is CC(C)(C)CCNCC(C)(C)C.CC(C)NCCCC(C)(C)C. The number of hydrogen-bond donors (Lipinski definition) is 2. The maximum atomic E-state index is 3.48. The van der Waals surface area contributed by atoms with Crippen LogP contribution in [0.2, 0.25) is 0 Å². The first kappa shape index (κ1) is 25.2. The number of rotatable bonds is 7. The van der Waals surface area contributed by atoms with E-state index in [4.69, 9.17) is 0 Å². The van der Waals surface area contributed by atoms with Gasteiger partial charge in [-0.3, -0.25) is 0 Å². The monoisotopic (exact) mass is 328 g/mol. The lowest BCUT2D eigenvalue weighted by atomic mass is 9.91. The average molecular weight is 329 g/mol. The van der Waals surface area contributed by atoms with E-state index in [0.717, 1.165) is 19.6 Å². The summed E-state index contributed by atoms with van der Waals surface area (Å²) in [6.45, 7) is 28.3. The molecule has 0 fully saturated rings. The third-order valence-corrected chi connectivity index (χ3v) is 3.36. The second-order valence-electron chi connectivity index (χ2n) is 10.8. The van der Waals surface area contributed by atoms with Gasteiger partial charge in [0.25, 0.3) is 0 Å². The highest BCUT2D eigenvalue weighted by Crippen LogP contribution is 2.19. The molecule has 0 rings (SSSR count). The van der Waals surface area contributed by atoms with E-state index in [1.165, 1.54) is 19.3 Å². The Kier molecular flexibility index (Phi) is 12.5. The van der Waals surface area contributed by atoms with E-state index >= 15 is 0 Å². The Balaban J connectivity index is 0. The second-order valence-corrected chi connectivity index (χ2v) is 10.8. The summed E-state index contributed by atoms with van der Waals surface area (Å²) >= 11 is 0. The van der Waals surface area contributed by atoms with Gasteiger partial charge in [0.2, 0.25) is 0 Å². The van der Waals surface area contributed by atoms with Crippen molar-refractivity contribution in [3.8, 4) is 0 Å². The summed E-state index contributed by atoms with van der Waals surface area (Å²) in [5.41, 5.74) is 1.38. The van der Waals surface area contributed by atoms with Crippen molar-refractivity contribution in [2.45, 2.75) is 101 Å². The summed E-state index contributed by atoms with van der Waals surface area (Å²) in [6.07, 6.45) is 3.86. The molecule has 0 unspecified atom stereocenters. The first-order chi connectivity index (χ1) is 10.1. The molecule has 0 aliphatic rings. The summed E-state index contributed by atoms with van der Waals surface area (Å²) in [6, 6.07) is 0.634. The molecule has 0 aliphatic heterocycles. The van der Waals surface area contributed by atoms with Gasteiger partial charge in [0, 0.05) is 6.04 Å². The second kappa shape index (κ2) is 11.5. The molecule has 2 nitrogen and oxygen atoms in total. The van der Waals surface area contributed by atoms with E-state index in [1.54, 1.807) is 0 Å². The maximum Gasteiger partial charge on any atom is 0.00103 e. The van der Waals surface area contributed by atoms with Crippen LogP contribution in [0.15, 0.2) is 0 Å². The summed E-state index contributed by atoms with van der Waals surface area (Å²) in [7, 11) is 0. The van der Waals surface area contributed by atoms with Gasteiger partial charge in [-0.15, -0.1) is 0 Å². The van der Waals surface area contributed by atoms with Gasteiger partial charge in [0.15, 0.2) is 0 Å². The topological polar surface area (TPSA) is 24.1 Å². The van der Waals surface area contributed by atoms with Crippen LogP contribution in [0.25, 0.3) is 0 Å². The van der Waals surface area contributed by atoms with Crippen molar-refractivity contribution >= 4 is 0 Å². The van der Waals surface area contributed by atoms with Gasteiger partial charge < -0.3 is 10.6 Å². The van der Waals surface area contributed by atoms with E-state index in [0.29, 0.717) is 22.3 Å². The van der Waals surface area contributed by atoms with Crippen molar-refractivity contribution < 1.29 is 0 Å². The Hall–Kier alpha value is -0.0800. The average Bonchev–Trinajstić information content (AvgIpc) is 2.28. The number of nitrogens with one attached hydrogen (secondary N) is 2. The molecule has 2 heteroatoms. The Bertz CT molecular complexity index is 245. The molecule has 0 amide bonds. The van der Waals surface area contributed by atoms with Crippen LogP contribution in [0.1, 0.15) is 95.4 Å². The van der Waals surface area contributed by atoms with E-state index in [-0.39, 0.29) is 0 Å². The molecule has 0 aromatic carbocycles. The van der Waals surface area contributed by atoms with Gasteiger partial charge in [0.05, 0.1) is 0 Å². The molecule has 0 atom stereocenters. The minimum atomic E-state index is 0.415. The quantitative estimate of drug-likeness (QED) is 0.571. The van der Waals surface area contributed by atoms with Crippen LogP contribution < -0.4 is 10.6 Å². The standard InChI is InChI=1S/C11H25N.C10H23N/c1-10(2,3)7-8-12-9-11(4,5)6;1-9(2)11-8-6-7-10(3,4)5/h12H,7-9H2,1-6H3;9,11H,6-8H2,1-5H3. The third-order valence-electron chi connectivity index (χ3n) is 3.36. The summed E-state index contributed by atoms with van der Waals surface area (Å²) < 4.78 is 0. The first-order valence-electron chi connectivity index (χ1n) is 9.56. The van der Waals surface area contributed by atoms with Gasteiger partial charge in [0.1, 0.15) is 0 Å². The lowest BCUT2D eigenvalue weighted by molar-refractivity contribution is 0.333. The molecule has 2 N–H and O–H groups in total. The lowest BCUT2D eigenvalue weighted by Gasteiger charge is -2.22. The van der Waals surface area contributed by atoms with Crippen molar-refractivity contribution in [2.24, 2.45) is 16.2 Å². The maximum absolute atomic E-state index is 3.48. The van der Waals surface area contributed by atoms with Crippen LogP contribution >= 0.6 is 0 Å². The van der Waals surface area contributed by atoms with E-state index in [1.807, 2.05) is 0 Å². The Morgan fingerprint density at radius 2 is 1.13 bits per heavy atom. The Labute approximate surface area is 148 Å². The van der Waals surface area contributed by atoms with Crippen LogP contribution in [0.5, 0.6) is 0 Å². The summed E-state index contributed by atoms with van der Waals surface area (Å²) in [5.74, 6) is 0. The molecule has 0 aromatic heterocycles. The van der Waals surface area contributed by atoms with Crippen molar-refractivity contribution in [1.29, 1.82) is 0 Å². The zero-order valence-corrected chi connectivity index (χ0v) is 18.3. The van der Waals surface area contributed by atoms with Crippen LogP contribution in [0, 0.1) is 16.2 Å². The van der Waals surface area contributed by atoms with E-state index < -0.39 is 0 Å². The molecule has 0 saturated heterocycles. The fraction of sp³-hybridized carbons (Fsp3) is 1.00. The Morgan fingerprint density at radius 3 is 1.48 bits per heavy atom. The largest absolute Gasteiger partial charge is 0.316 e. The zero-order valence-electron chi connectivity index (χ0n) is 18.3. The van der Waals surface area contributed by atoms with Gasteiger partial charge in [-0.1, -0.05) is 76.2 Å². The normalized spacial score (nSPS) is 13.0. The predicted molar refractivity (Wildman–Crippen MR) is 108 cm³/mol. The molecule has 0 saturated carbocycles. The molecule has 142 valence electrons. The minimum absolute atomic E-state index is 0.415. The van der Waals surface area contributed by atoms with Gasteiger partial charge >= 0.3 is 0 Å². The minimum Gasteiger partial charge on any atom is -0.316 e. The summed E-state index contributed by atoms with van der Waals surface area (Å²) in [4.78, 5) is 0. The van der Waals surface area contributed by atoms with E-state index in [2.05, 4.69) is 86.8 Å². The fourth-order valence-electron chi connectivity index (χ4n) is 1.94. The molecular formula is C21H48N2. The number of hydrogen-bond acceptors (Lipinski definition) is 2. The highest BCUT2D eigenvalue weighted by molar-refractivity contribution is 4.68. The molecule has 23 heavy (non-hydrogen) atoms. The highest BCUT2D eigenvalue weighted by Gasteiger charge is 2.12. The van der Waals surface area contributed by atoms with Crippen LogP contribution in [-0.2, 0) is 0 Å². The van der Waals surface area contributed by atoms with Crippen molar-refractivity contribution in [3.05, 3.63) is 0 Å². The summed E-state index contributed by atoms with van der Waals surface area (Å²) in [5, 5.41) is 6.90. The first-order valence-corrected chi connectivity index (χ1v) is 9.56. The van der Waals surface area contributed by atoms with Gasteiger partial charge in [-0.05, 0) is 55.1 Å².